The molecule has 0 unspecified atom stereocenters. The summed E-state index contributed by atoms with van der Waals surface area (Å²) >= 11 is 1.78. The van der Waals surface area contributed by atoms with Crippen LogP contribution in [0.3, 0.4) is 0 Å². The fraction of sp³-hybridized carbons (Fsp3) is 0.500. The summed E-state index contributed by atoms with van der Waals surface area (Å²) in [6, 6.07) is 0. The van der Waals surface area contributed by atoms with Crippen LogP contribution in [0.15, 0.2) is 9.66 Å². The van der Waals surface area contributed by atoms with Gasteiger partial charge in [-0.25, -0.2) is 4.39 Å². The molecular weight excluding hydrogens is 369 g/mol. The molecule has 0 aromatic carbocycles. The van der Waals surface area contributed by atoms with E-state index >= 15 is 0 Å². The van der Waals surface area contributed by atoms with E-state index in [-0.39, 0.29) is 0 Å². The van der Waals surface area contributed by atoms with E-state index < -0.39 is 20.4 Å². The molecule has 0 rings (SSSR count). The molecular formula is C4BrF6I. The highest BCUT2D eigenvalue weighted by Crippen LogP contribution is 2.46. The molecule has 0 bridgehead atoms. The molecule has 0 heterocycles. The maximum Gasteiger partial charge on any atom is 0.374 e. The van der Waals surface area contributed by atoms with Gasteiger partial charge in [-0.05, 0) is 38.5 Å². The number of hydrogen-bond donors (Lipinski definition) is 0. The van der Waals surface area contributed by atoms with Crippen LogP contribution in [0, 0.1) is 0 Å². The van der Waals surface area contributed by atoms with Gasteiger partial charge in [0.05, 0.1) is 0 Å². The number of halogens is 8. The van der Waals surface area contributed by atoms with E-state index in [1.54, 1.807) is 0 Å². The Bertz CT molecular complexity index is 202. The van der Waals surface area contributed by atoms with Crippen LogP contribution in [-0.4, -0.2) is 10.8 Å². The van der Waals surface area contributed by atoms with E-state index in [0.717, 1.165) is 0 Å². The first-order valence-electron chi connectivity index (χ1n) is 2.26. The number of rotatable bonds is 2. The van der Waals surface area contributed by atoms with E-state index in [0.29, 0.717) is 22.6 Å². The minimum atomic E-state index is -5.17. The van der Waals surface area contributed by atoms with E-state index in [2.05, 4.69) is 0 Å². The van der Waals surface area contributed by atoms with Crippen molar-refractivity contribution in [2.24, 2.45) is 0 Å². The van der Waals surface area contributed by atoms with E-state index in [1.165, 1.54) is 15.9 Å². The van der Waals surface area contributed by atoms with Crippen molar-refractivity contribution < 1.29 is 26.3 Å². The number of hydrogen-bond acceptors (Lipinski definition) is 0. The van der Waals surface area contributed by atoms with Crippen LogP contribution in [0.5, 0.6) is 0 Å². The molecule has 0 fully saturated rings. The lowest BCUT2D eigenvalue weighted by molar-refractivity contribution is -0.132. The first kappa shape index (κ1) is 12.5. The molecule has 0 aromatic rings. The van der Waals surface area contributed by atoms with Crippen molar-refractivity contribution in [3.8, 4) is 0 Å². The SMILES string of the molecule is FC(I)=C(F)C(F)(F)C(F)(F)Br. The summed E-state index contributed by atoms with van der Waals surface area (Å²) in [6.07, 6.45) is 0. The van der Waals surface area contributed by atoms with Crippen LogP contribution in [-0.2, 0) is 0 Å². The van der Waals surface area contributed by atoms with Crippen molar-refractivity contribution >= 4 is 38.5 Å². The van der Waals surface area contributed by atoms with Gasteiger partial charge in [0.25, 0.3) is 0 Å². The van der Waals surface area contributed by atoms with Gasteiger partial charge in [0.2, 0.25) is 5.83 Å². The Hall–Kier alpha value is 0.530. The molecule has 0 saturated carbocycles. The molecule has 0 aliphatic carbocycles. The molecule has 0 aromatic heterocycles. The molecule has 0 radical (unpaired) electrons. The maximum atomic E-state index is 12.1. The van der Waals surface area contributed by atoms with Crippen LogP contribution in [0.2, 0.25) is 0 Å². The van der Waals surface area contributed by atoms with Crippen molar-refractivity contribution in [3.63, 3.8) is 0 Å². The summed E-state index contributed by atoms with van der Waals surface area (Å²) in [4.78, 5) is -4.80. The molecule has 0 spiro atoms. The second kappa shape index (κ2) is 3.72. The zero-order chi connectivity index (χ0) is 10.2. The highest BCUT2D eigenvalue weighted by Gasteiger charge is 2.59. The van der Waals surface area contributed by atoms with Crippen LogP contribution in [0.25, 0.3) is 0 Å². The first-order valence-corrected chi connectivity index (χ1v) is 4.13. The van der Waals surface area contributed by atoms with Gasteiger partial charge in [0, 0.05) is 0 Å². The van der Waals surface area contributed by atoms with Crippen molar-refractivity contribution in [1.82, 2.24) is 0 Å². The monoisotopic (exact) mass is 368 g/mol. The van der Waals surface area contributed by atoms with Crippen LogP contribution >= 0.6 is 38.5 Å². The predicted molar refractivity (Wildman–Crippen MR) is 42.1 cm³/mol. The lowest BCUT2D eigenvalue weighted by Crippen LogP contribution is -2.35. The summed E-state index contributed by atoms with van der Waals surface area (Å²) in [5.41, 5.74) is 0. The predicted octanol–water partition coefficient (Wildman–Crippen LogP) is 4.15. The standard InChI is InChI=1S/C4BrF6I/c5-4(10,11)3(8,9)1(6)2(7)12. The van der Waals surface area contributed by atoms with Gasteiger partial charge in [-0.2, -0.15) is 22.0 Å². The molecule has 12 heavy (non-hydrogen) atoms. The van der Waals surface area contributed by atoms with E-state index in [4.69, 9.17) is 0 Å². The smallest absolute Gasteiger partial charge is 0.201 e. The summed E-state index contributed by atoms with van der Waals surface area (Å²) in [5, 5.41) is 0. The van der Waals surface area contributed by atoms with E-state index in [1.807, 2.05) is 0 Å². The molecule has 72 valence electrons. The Morgan fingerprint density at radius 3 is 1.50 bits per heavy atom. The van der Waals surface area contributed by atoms with Gasteiger partial charge in [-0.3, -0.25) is 0 Å². The Morgan fingerprint density at radius 2 is 1.42 bits per heavy atom. The van der Waals surface area contributed by atoms with Gasteiger partial charge in [0.15, 0.2) is 3.83 Å². The zero-order valence-corrected chi connectivity index (χ0v) is 8.77. The van der Waals surface area contributed by atoms with Crippen molar-refractivity contribution in [2.45, 2.75) is 10.8 Å². The third kappa shape index (κ3) is 2.51. The van der Waals surface area contributed by atoms with Crippen molar-refractivity contribution in [1.29, 1.82) is 0 Å². The molecule has 0 atom stereocenters. The van der Waals surface area contributed by atoms with Gasteiger partial charge >= 0.3 is 10.8 Å². The maximum absolute atomic E-state index is 12.1. The quantitative estimate of drug-likeness (QED) is 0.390. The average molecular weight is 369 g/mol. The zero-order valence-electron chi connectivity index (χ0n) is 5.02. The Kier molecular flexibility index (Phi) is 3.89. The Balaban J connectivity index is 5.01. The second-order valence-electron chi connectivity index (χ2n) is 1.65. The molecule has 0 saturated heterocycles. The minimum Gasteiger partial charge on any atom is -0.201 e. The van der Waals surface area contributed by atoms with Crippen LogP contribution in [0.1, 0.15) is 0 Å². The van der Waals surface area contributed by atoms with Crippen molar-refractivity contribution in [3.05, 3.63) is 9.66 Å². The fourth-order valence-corrected chi connectivity index (χ4v) is 0.756. The minimum absolute atomic E-state index is 0.537. The Labute approximate surface area is 85.3 Å². The first-order chi connectivity index (χ1) is 5.10. The summed E-state index contributed by atoms with van der Waals surface area (Å²) in [5.74, 6) is -7.96. The highest BCUT2D eigenvalue weighted by molar-refractivity contribution is 14.1. The Morgan fingerprint density at radius 1 is 1.08 bits per heavy atom. The number of allylic oxidation sites excluding steroid dienone is 1. The topological polar surface area (TPSA) is 0 Å². The van der Waals surface area contributed by atoms with Crippen molar-refractivity contribution in [2.75, 3.05) is 0 Å². The van der Waals surface area contributed by atoms with Crippen LogP contribution < -0.4 is 0 Å². The summed E-state index contributed by atoms with van der Waals surface area (Å²) < 4.78 is 69.7. The third-order valence-corrected chi connectivity index (χ3v) is 1.77. The van der Waals surface area contributed by atoms with Gasteiger partial charge in [-0.15, -0.1) is 0 Å². The van der Waals surface area contributed by atoms with Crippen LogP contribution in [0.4, 0.5) is 26.3 Å². The highest BCUT2D eigenvalue weighted by atomic mass is 127. The van der Waals surface area contributed by atoms with Gasteiger partial charge < -0.3 is 0 Å². The largest absolute Gasteiger partial charge is 0.374 e. The lowest BCUT2D eigenvalue weighted by Gasteiger charge is -2.18. The average Bonchev–Trinajstić information content (AvgIpc) is 1.83. The summed E-state index contributed by atoms with van der Waals surface area (Å²) in [7, 11) is 0. The molecule has 0 aliphatic heterocycles. The molecule has 0 amide bonds. The number of alkyl halides is 5. The molecule has 8 heteroatoms. The molecule has 0 aliphatic rings. The molecule has 0 N–H and O–H groups in total. The third-order valence-electron chi connectivity index (χ3n) is 0.798. The lowest BCUT2D eigenvalue weighted by atomic mass is 10.3. The van der Waals surface area contributed by atoms with Gasteiger partial charge in [-0.1, -0.05) is 0 Å². The second-order valence-corrected chi connectivity index (χ2v) is 3.59. The fourth-order valence-electron chi connectivity index (χ4n) is 0.243. The van der Waals surface area contributed by atoms with Gasteiger partial charge in [0.1, 0.15) is 0 Å². The summed E-state index contributed by atoms with van der Waals surface area (Å²) in [6.45, 7) is 0. The normalized spacial score (nSPS) is 16.0. The molecule has 0 nitrogen and oxygen atoms in total. The van der Waals surface area contributed by atoms with E-state index in [9.17, 15) is 26.3 Å².